The van der Waals surface area contributed by atoms with Crippen molar-refractivity contribution < 1.29 is 22.3 Å². The van der Waals surface area contributed by atoms with Gasteiger partial charge in [-0.15, -0.1) is 13.2 Å². The molecule has 25 heavy (non-hydrogen) atoms. The van der Waals surface area contributed by atoms with Crippen molar-refractivity contribution in [1.82, 2.24) is 5.32 Å². The van der Waals surface area contributed by atoms with Crippen LogP contribution in [0.25, 0.3) is 5.70 Å². The molecule has 2 aromatic carbocycles. The Morgan fingerprint density at radius 1 is 1.24 bits per heavy atom. The maximum Gasteiger partial charge on any atom is 0.573 e. The van der Waals surface area contributed by atoms with Crippen LogP contribution in [0.4, 0.5) is 28.9 Å². The third-order valence-corrected chi connectivity index (χ3v) is 3.43. The Labute approximate surface area is 142 Å². The Bertz CT molecular complexity index is 775. The van der Waals surface area contributed by atoms with Crippen molar-refractivity contribution in [3.63, 3.8) is 0 Å². The smallest absolute Gasteiger partial charge is 0.403 e. The van der Waals surface area contributed by atoms with E-state index in [1.807, 2.05) is 6.07 Å². The fourth-order valence-corrected chi connectivity index (χ4v) is 2.27. The zero-order valence-electron chi connectivity index (χ0n) is 13.4. The molecule has 0 radical (unpaired) electrons. The molecule has 2 aromatic rings. The van der Waals surface area contributed by atoms with E-state index in [1.54, 1.807) is 19.2 Å². The normalized spacial score (nSPS) is 11.1. The minimum Gasteiger partial charge on any atom is -0.403 e. The van der Waals surface area contributed by atoms with Crippen LogP contribution in [0, 0.1) is 5.82 Å². The molecule has 0 unspecified atom stereocenters. The highest BCUT2D eigenvalue weighted by Gasteiger charge is 2.32. The van der Waals surface area contributed by atoms with Crippen LogP contribution in [0.15, 0.2) is 43.0 Å². The van der Waals surface area contributed by atoms with Gasteiger partial charge in [-0.3, -0.25) is 0 Å². The molecule has 0 spiro atoms. The second-order valence-electron chi connectivity index (χ2n) is 5.16. The van der Waals surface area contributed by atoms with Crippen LogP contribution in [-0.4, -0.2) is 13.4 Å². The van der Waals surface area contributed by atoms with Crippen molar-refractivity contribution in [3.05, 3.63) is 59.9 Å². The van der Waals surface area contributed by atoms with Crippen LogP contribution < -0.4 is 21.1 Å². The Kier molecular flexibility index (Phi) is 5.41. The van der Waals surface area contributed by atoms with Gasteiger partial charge in [0.05, 0.1) is 11.4 Å². The molecule has 8 heteroatoms. The molecular weight excluding hydrogens is 338 g/mol. The monoisotopic (exact) mass is 355 g/mol. The predicted octanol–water partition coefficient (Wildman–Crippen LogP) is 4.11. The number of hydrogen-bond donors (Lipinski definition) is 3. The number of hydrogen-bond acceptors (Lipinski definition) is 4. The fraction of sp³-hybridized carbons (Fsp3) is 0.176. The summed E-state index contributed by atoms with van der Waals surface area (Å²) < 4.78 is 53.8. The zero-order valence-corrected chi connectivity index (χ0v) is 13.4. The first kappa shape index (κ1) is 18.4. The summed E-state index contributed by atoms with van der Waals surface area (Å²) >= 11 is 0. The van der Waals surface area contributed by atoms with Crippen LogP contribution in [-0.2, 0) is 6.54 Å². The lowest BCUT2D eigenvalue weighted by molar-refractivity contribution is -0.275. The Morgan fingerprint density at radius 2 is 1.96 bits per heavy atom. The van der Waals surface area contributed by atoms with Crippen LogP contribution in [0.1, 0.15) is 11.1 Å². The molecule has 0 aliphatic heterocycles. The van der Waals surface area contributed by atoms with E-state index in [-0.39, 0.29) is 0 Å². The molecule has 0 saturated heterocycles. The molecule has 134 valence electrons. The maximum absolute atomic E-state index is 13.8. The highest BCUT2D eigenvalue weighted by atomic mass is 19.4. The molecule has 0 fully saturated rings. The maximum atomic E-state index is 13.8. The SMILES string of the molecule is C=C(NCc1cccc(N)c1NC)c1ccc(OC(F)(F)F)c(F)c1. The van der Waals surface area contributed by atoms with Gasteiger partial charge < -0.3 is 21.1 Å². The molecule has 4 N–H and O–H groups in total. The molecule has 2 rings (SSSR count). The molecule has 0 aliphatic carbocycles. The Balaban J connectivity index is 2.09. The van der Waals surface area contributed by atoms with E-state index < -0.39 is 17.9 Å². The van der Waals surface area contributed by atoms with E-state index in [2.05, 4.69) is 21.9 Å². The lowest BCUT2D eigenvalue weighted by Gasteiger charge is -2.15. The number of benzene rings is 2. The van der Waals surface area contributed by atoms with Crippen molar-refractivity contribution in [3.8, 4) is 5.75 Å². The number of rotatable bonds is 6. The summed E-state index contributed by atoms with van der Waals surface area (Å²) in [5.74, 6) is -2.02. The molecule has 0 atom stereocenters. The lowest BCUT2D eigenvalue weighted by atomic mass is 10.1. The summed E-state index contributed by atoms with van der Waals surface area (Å²) in [6.45, 7) is 4.12. The average Bonchev–Trinajstić information content (AvgIpc) is 2.53. The molecule has 0 heterocycles. The average molecular weight is 355 g/mol. The second kappa shape index (κ2) is 7.33. The summed E-state index contributed by atoms with van der Waals surface area (Å²) in [6.07, 6.45) is -4.95. The molecule has 0 amide bonds. The predicted molar refractivity (Wildman–Crippen MR) is 89.4 cm³/mol. The number of ether oxygens (including phenoxy) is 1. The van der Waals surface area contributed by atoms with Gasteiger partial charge in [0.1, 0.15) is 0 Å². The first-order valence-corrected chi connectivity index (χ1v) is 7.25. The number of nitrogens with one attached hydrogen (secondary N) is 2. The third kappa shape index (κ3) is 4.79. The topological polar surface area (TPSA) is 59.3 Å². The number of nitrogens with two attached hydrogens (primary N) is 1. The largest absolute Gasteiger partial charge is 0.573 e. The lowest BCUT2D eigenvalue weighted by Crippen LogP contribution is -2.18. The van der Waals surface area contributed by atoms with Crippen LogP contribution in [0.2, 0.25) is 0 Å². The van der Waals surface area contributed by atoms with Crippen LogP contribution >= 0.6 is 0 Å². The minimum absolute atomic E-state index is 0.307. The second-order valence-corrected chi connectivity index (χ2v) is 5.16. The fourth-order valence-electron chi connectivity index (χ4n) is 2.27. The first-order valence-electron chi connectivity index (χ1n) is 7.25. The van der Waals surface area contributed by atoms with Gasteiger partial charge in [0.25, 0.3) is 0 Å². The molecule has 0 bridgehead atoms. The molecule has 0 aliphatic rings. The number of para-hydroxylation sites is 1. The molecular formula is C17H17F4N3O. The van der Waals surface area contributed by atoms with E-state index in [9.17, 15) is 17.6 Å². The summed E-state index contributed by atoms with van der Waals surface area (Å²) in [7, 11) is 1.73. The number of alkyl halides is 3. The van der Waals surface area contributed by atoms with Crippen molar-refractivity contribution in [2.45, 2.75) is 12.9 Å². The summed E-state index contributed by atoms with van der Waals surface area (Å²) in [5, 5.41) is 5.98. The summed E-state index contributed by atoms with van der Waals surface area (Å²) in [4.78, 5) is 0. The van der Waals surface area contributed by atoms with Crippen molar-refractivity contribution in [2.75, 3.05) is 18.1 Å². The zero-order chi connectivity index (χ0) is 18.6. The van der Waals surface area contributed by atoms with Crippen LogP contribution in [0.3, 0.4) is 0 Å². The van der Waals surface area contributed by atoms with Gasteiger partial charge in [-0.2, -0.15) is 0 Å². The van der Waals surface area contributed by atoms with Gasteiger partial charge in [-0.05, 0) is 29.8 Å². The number of nitrogen functional groups attached to an aromatic ring is 1. The number of halogens is 4. The van der Waals surface area contributed by atoms with Gasteiger partial charge in [0.15, 0.2) is 11.6 Å². The molecule has 0 aromatic heterocycles. The van der Waals surface area contributed by atoms with Gasteiger partial charge in [0, 0.05) is 24.9 Å². The van der Waals surface area contributed by atoms with E-state index in [0.717, 1.165) is 23.4 Å². The highest BCUT2D eigenvalue weighted by molar-refractivity contribution is 5.70. The Morgan fingerprint density at radius 3 is 2.56 bits per heavy atom. The van der Waals surface area contributed by atoms with Crippen molar-refractivity contribution >= 4 is 17.1 Å². The van der Waals surface area contributed by atoms with Crippen LogP contribution in [0.5, 0.6) is 5.75 Å². The third-order valence-electron chi connectivity index (χ3n) is 3.43. The van der Waals surface area contributed by atoms with E-state index >= 15 is 0 Å². The highest BCUT2D eigenvalue weighted by Crippen LogP contribution is 2.28. The first-order chi connectivity index (χ1) is 11.7. The molecule has 0 saturated carbocycles. The van der Waals surface area contributed by atoms with Gasteiger partial charge in [0.2, 0.25) is 0 Å². The summed E-state index contributed by atoms with van der Waals surface area (Å²) in [6, 6.07) is 8.51. The summed E-state index contributed by atoms with van der Waals surface area (Å²) in [5.41, 5.74) is 8.72. The van der Waals surface area contributed by atoms with E-state index in [1.165, 1.54) is 6.07 Å². The minimum atomic E-state index is -4.95. The standard InChI is InChI=1S/C17H17F4N3O/c1-10(24-9-12-4-3-5-14(22)16(12)23-2)11-6-7-15(13(18)8-11)25-17(19,20)21/h3-8,23-24H,1,9,22H2,2H3. The molecule has 4 nitrogen and oxygen atoms in total. The van der Waals surface area contributed by atoms with E-state index in [4.69, 9.17) is 5.73 Å². The quantitative estimate of drug-likeness (QED) is 0.539. The Hall–Kier alpha value is -2.90. The van der Waals surface area contributed by atoms with Gasteiger partial charge in [-0.25, -0.2) is 4.39 Å². The number of anilines is 2. The van der Waals surface area contributed by atoms with Gasteiger partial charge >= 0.3 is 6.36 Å². The van der Waals surface area contributed by atoms with Crippen molar-refractivity contribution in [2.24, 2.45) is 0 Å². The van der Waals surface area contributed by atoms with Crippen molar-refractivity contribution in [1.29, 1.82) is 0 Å². The van der Waals surface area contributed by atoms with Gasteiger partial charge in [-0.1, -0.05) is 18.7 Å². The van der Waals surface area contributed by atoms with E-state index in [0.29, 0.717) is 23.5 Å².